The Kier molecular flexibility index (Phi) is 3.65. The summed E-state index contributed by atoms with van der Waals surface area (Å²) in [5, 5.41) is 3.77. The molecule has 4 atom stereocenters. The van der Waals surface area contributed by atoms with Crippen LogP contribution in [0.4, 0.5) is 0 Å². The molecule has 2 aliphatic heterocycles. The molecule has 2 saturated heterocycles. The van der Waals surface area contributed by atoms with Gasteiger partial charge in [0.1, 0.15) is 0 Å². The summed E-state index contributed by atoms with van der Waals surface area (Å²) in [5.41, 5.74) is 0. The van der Waals surface area contributed by atoms with Crippen LogP contribution in [0.2, 0.25) is 0 Å². The summed E-state index contributed by atoms with van der Waals surface area (Å²) < 4.78 is 0. The normalized spacial score (nSPS) is 44.2. The zero-order valence-electron chi connectivity index (χ0n) is 12.2. The van der Waals surface area contributed by atoms with Crippen LogP contribution >= 0.6 is 0 Å². The third-order valence-electron chi connectivity index (χ3n) is 5.49. The van der Waals surface area contributed by atoms with E-state index in [0.29, 0.717) is 0 Å². The topological polar surface area (TPSA) is 18.5 Å². The van der Waals surface area contributed by atoms with E-state index >= 15 is 0 Å². The van der Waals surface area contributed by atoms with Gasteiger partial charge in [-0.1, -0.05) is 0 Å². The molecule has 0 spiro atoms. The second kappa shape index (κ2) is 5.10. The Hall–Kier alpha value is -0.120. The molecule has 4 unspecified atom stereocenters. The fraction of sp³-hybridized carbons (Fsp3) is 1.00. The average molecular weight is 251 g/mol. The summed E-state index contributed by atoms with van der Waals surface area (Å²) in [6.45, 7) is 8.56. The number of piperidine rings is 1. The van der Waals surface area contributed by atoms with Gasteiger partial charge in [-0.15, -0.1) is 0 Å². The van der Waals surface area contributed by atoms with Crippen molar-refractivity contribution in [3.63, 3.8) is 0 Å². The highest BCUT2D eigenvalue weighted by molar-refractivity contribution is 4.96. The summed E-state index contributed by atoms with van der Waals surface area (Å²) in [5.74, 6) is 0.990. The van der Waals surface area contributed by atoms with Crippen molar-refractivity contribution in [1.82, 2.24) is 15.1 Å². The summed E-state index contributed by atoms with van der Waals surface area (Å²) in [6.07, 6.45) is 5.65. The highest BCUT2D eigenvalue weighted by atomic mass is 15.3. The number of nitrogens with zero attached hydrogens (tertiary/aromatic N) is 2. The molecule has 0 amide bonds. The molecule has 3 aliphatic rings. The number of piperazine rings is 1. The minimum absolute atomic E-state index is 0.723. The average Bonchev–Trinajstić information content (AvgIpc) is 3.18. The molecule has 3 fully saturated rings. The minimum atomic E-state index is 0.723. The fourth-order valence-corrected chi connectivity index (χ4v) is 3.80. The van der Waals surface area contributed by atoms with Crippen molar-refractivity contribution < 1.29 is 0 Å². The predicted molar refractivity (Wildman–Crippen MR) is 75.8 cm³/mol. The number of hydrogen-bond donors (Lipinski definition) is 1. The van der Waals surface area contributed by atoms with Gasteiger partial charge in [0.2, 0.25) is 0 Å². The van der Waals surface area contributed by atoms with Crippen LogP contribution in [0.3, 0.4) is 0 Å². The van der Waals surface area contributed by atoms with Crippen molar-refractivity contribution in [2.24, 2.45) is 5.92 Å². The van der Waals surface area contributed by atoms with Crippen molar-refractivity contribution in [3.8, 4) is 0 Å². The van der Waals surface area contributed by atoms with Crippen molar-refractivity contribution in [1.29, 1.82) is 0 Å². The van der Waals surface area contributed by atoms with Crippen molar-refractivity contribution in [3.05, 3.63) is 0 Å². The van der Waals surface area contributed by atoms with E-state index in [1.807, 2.05) is 0 Å². The molecule has 1 aliphatic carbocycles. The van der Waals surface area contributed by atoms with E-state index in [1.54, 1.807) is 0 Å². The lowest BCUT2D eigenvalue weighted by molar-refractivity contribution is 0.0336. The Labute approximate surface area is 112 Å². The molecule has 0 aromatic heterocycles. The predicted octanol–water partition coefficient (Wildman–Crippen LogP) is 1.54. The summed E-state index contributed by atoms with van der Waals surface area (Å²) >= 11 is 0. The molecular formula is C15H29N3. The number of nitrogens with one attached hydrogen (secondary N) is 1. The molecule has 1 saturated carbocycles. The highest BCUT2D eigenvalue weighted by Crippen LogP contribution is 2.35. The lowest BCUT2D eigenvalue weighted by atomic mass is 9.94. The van der Waals surface area contributed by atoms with Gasteiger partial charge in [-0.05, 0) is 59.0 Å². The Morgan fingerprint density at radius 1 is 1.06 bits per heavy atom. The zero-order chi connectivity index (χ0) is 12.7. The molecule has 0 aromatic carbocycles. The van der Waals surface area contributed by atoms with Gasteiger partial charge < -0.3 is 10.2 Å². The van der Waals surface area contributed by atoms with Gasteiger partial charge in [0, 0.05) is 37.3 Å². The minimum Gasteiger partial charge on any atom is -0.311 e. The van der Waals surface area contributed by atoms with Crippen LogP contribution in [-0.2, 0) is 0 Å². The maximum absolute atomic E-state index is 3.77. The van der Waals surface area contributed by atoms with E-state index in [-0.39, 0.29) is 0 Å². The molecule has 0 radical (unpaired) electrons. The zero-order valence-corrected chi connectivity index (χ0v) is 12.2. The number of rotatable bonds is 2. The first-order valence-corrected chi connectivity index (χ1v) is 7.84. The SMILES string of the molecule is CC1CC(N2CC(C3CC3)NCC2C)CCN1C. The van der Waals surface area contributed by atoms with E-state index in [9.17, 15) is 0 Å². The molecule has 1 N–H and O–H groups in total. The first kappa shape index (κ1) is 12.9. The second-order valence-electron chi connectivity index (χ2n) is 6.91. The maximum atomic E-state index is 3.77. The second-order valence-corrected chi connectivity index (χ2v) is 6.91. The molecule has 3 rings (SSSR count). The van der Waals surface area contributed by atoms with Crippen LogP contribution in [0, 0.1) is 5.92 Å². The van der Waals surface area contributed by atoms with Gasteiger partial charge in [0.15, 0.2) is 0 Å². The molecular weight excluding hydrogens is 222 g/mol. The first-order valence-electron chi connectivity index (χ1n) is 7.84. The van der Waals surface area contributed by atoms with Gasteiger partial charge >= 0.3 is 0 Å². The molecule has 0 bridgehead atoms. The highest BCUT2D eigenvalue weighted by Gasteiger charge is 2.39. The van der Waals surface area contributed by atoms with Gasteiger partial charge in [0.05, 0.1) is 0 Å². The van der Waals surface area contributed by atoms with Crippen molar-refractivity contribution in [2.45, 2.75) is 63.7 Å². The van der Waals surface area contributed by atoms with Crippen LogP contribution < -0.4 is 5.32 Å². The van der Waals surface area contributed by atoms with E-state index in [0.717, 1.165) is 30.1 Å². The standard InChI is InChI=1S/C15H29N3/c1-11-8-14(6-7-17(11)3)18-10-15(13-4-5-13)16-9-12(18)2/h11-16H,4-10H2,1-3H3. The summed E-state index contributed by atoms with van der Waals surface area (Å²) in [4.78, 5) is 5.34. The number of likely N-dealkylation sites (tertiary alicyclic amines) is 1. The van der Waals surface area contributed by atoms with Gasteiger partial charge in [0.25, 0.3) is 0 Å². The Morgan fingerprint density at radius 2 is 1.83 bits per heavy atom. The lowest BCUT2D eigenvalue weighted by Crippen LogP contribution is -2.61. The largest absolute Gasteiger partial charge is 0.311 e. The third-order valence-corrected chi connectivity index (χ3v) is 5.49. The Balaban J connectivity index is 1.62. The van der Waals surface area contributed by atoms with E-state index in [4.69, 9.17) is 0 Å². The number of hydrogen-bond acceptors (Lipinski definition) is 3. The van der Waals surface area contributed by atoms with E-state index < -0.39 is 0 Å². The molecule has 0 aromatic rings. The van der Waals surface area contributed by atoms with Crippen LogP contribution in [-0.4, -0.2) is 60.6 Å². The fourth-order valence-electron chi connectivity index (χ4n) is 3.80. The Morgan fingerprint density at radius 3 is 2.50 bits per heavy atom. The van der Waals surface area contributed by atoms with Crippen LogP contribution in [0.5, 0.6) is 0 Å². The van der Waals surface area contributed by atoms with Gasteiger partial charge in [-0.25, -0.2) is 0 Å². The van der Waals surface area contributed by atoms with E-state index in [2.05, 4.69) is 36.0 Å². The molecule has 3 heteroatoms. The third kappa shape index (κ3) is 2.59. The molecule has 18 heavy (non-hydrogen) atoms. The van der Waals surface area contributed by atoms with Crippen LogP contribution in [0.1, 0.15) is 39.5 Å². The Bertz CT molecular complexity index is 289. The monoisotopic (exact) mass is 251 g/mol. The molecule has 104 valence electrons. The smallest absolute Gasteiger partial charge is 0.0224 e. The van der Waals surface area contributed by atoms with Crippen LogP contribution in [0.15, 0.2) is 0 Å². The maximum Gasteiger partial charge on any atom is 0.0224 e. The lowest BCUT2D eigenvalue weighted by Gasteiger charge is -2.47. The van der Waals surface area contributed by atoms with Crippen LogP contribution in [0.25, 0.3) is 0 Å². The quantitative estimate of drug-likeness (QED) is 0.803. The van der Waals surface area contributed by atoms with Crippen molar-refractivity contribution >= 4 is 0 Å². The molecule has 2 heterocycles. The summed E-state index contributed by atoms with van der Waals surface area (Å²) in [6, 6.07) is 3.09. The van der Waals surface area contributed by atoms with Gasteiger partial charge in [-0.2, -0.15) is 0 Å². The first-order chi connectivity index (χ1) is 8.65. The summed E-state index contributed by atoms with van der Waals surface area (Å²) in [7, 11) is 2.27. The van der Waals surface area contributed by atoms with Crippen molar-refractivity contribution in [2.75, 3.05) is 26.7 Å². The van der Waals surface area contributed by atoms with Gasteiger partial charge in [-0.3, -0.25) is 4.90 Å². The molecule has 3 nitrogen and oxygen atoms in total. The van der Waals surface area contributed by atoms with E-state index in [1.165, 1.54) is 45.3 Å².